The number of fused-ring (bicyclic) bond motifs is 3. The Balaban J connectivity index is 1.42. The highest BCUT2D eigenvalue weighted by Gasteiger charge is 2.39. The number of rotatable bonds is 4. The Morgan fingerprint density at radius 3 is 2.81 bits per heavy atom. The molecule has 2 heteroatoms. The Labute approximate surface area is 126 Å². The fraction of sp³-hybridized carbons (Fsp3) is 0.526. The summed E-state index contributed by atoms with van der Waals surface area (Å²) in [5.74, 6) is 2.62. The summed E-state index contributed by atoms with van der Waals surface area (Å²) in [7, 11) is 0. The van der Waals surface area contributed by atoms with E-state index >= 15 is 0 Å². The van der Waals surface area contributed by atoms with Gasteiger partial charge in [-0.05, 0) is 55.6 Å². The highest BCUT2D eigenvalue weighted by Crippen LogP contribution is 2.49. The van der Waals surface area contributed by atoms with Gasteiger partial charge in [0.1, 0.15) is 0 Å². The number of hydrogen-bond donors (Lipinski definition) is 1. The molecule has 0 aliphatic heterocycles. The normalized spacial score (nSPS) is 29.1. The van der Waals surface area contributed by atoms with E-state index in [4.69, 9.17) is 0 Å². The first-order valence-electron chi connectivity index (χ1n) is 8.30. The molecule has 4 rings (SSSR count). The van der Waals surface area contributed by atoms with Gasteiger partial charge in [-0.1, -0.05) is 30.7 Å². The van der Waals surface area contributed by atoms with Crippen molar-refractivity contribution in [1.82, 2.24) is 4.98 Å². The van der Waals surface area contributed by atoms with Gasteiger partial charge in [-0.3, -0.25) is 4.98 Å². The van der Waals surface area contributed by atoms with E-state index in [1.165, 1.54) is 31.1 Å². The van der Waals surface area contributed by atoms with E-state index < -0.39 is 0 Å². The monoisotopic (exact) mass is 281 g/mol. The molecule has 2 aromatic rings. The molecule has 2 bridgehead atoms. The molecule has 1 heterocycles. The maximum Gasteiger partial charge on any atom is 0.0705 e. The van der Waals surface area contributed by atoms with Crippen molar-refractivity contribution >= 4 is 10.9 Å². The molecule has 4 atom stereocenters. The van der Waals surface area contributed by atoms with Gasteiger partial charge in [-0.15, -0.1) is 0 Å². The van der Waals surface area contributed by atoms with Crippen LogP contribution in [0.15, 0.2) is 36.4 Å². The molecule has 0 amide bonds. The van der Waals surface area contributed by atoms with Crippen LogP contribution in [-0.4, -0.2) is 16.2 Å². The number of aromatic nitrogens is 1. The van der Waals surface area contributed by atoms with Crippen molar-refractivity contribution in [2.75, 3.05) is 0 Å². The van der Waals surface area contributed by atoms with Crippen LogP contribution in [0.5, 0.6) is 0 Å². The minimum atomic E-state index is -0.233. The Kier molecular flexibility index (Phi) is 3.42. The molecule has 2 fully saturated rings. The molecule has 0 radical (unpaired) electrons. The summed E-state index contributed by atoms with van der Waals surface area (Å²) >= 11 is 0. The summed E-state index contributed by atoms with van der Waals surface area (Å²) in [6.45, 7) is 0. The molecular weight excluding hydrogens is 258 g/mol. The summed E-state index contributed by atoms with van der Waals surface area (Å²) in [5, 5.41) is 11.6. The van der Waals surface area contributed by atoms with Crippen LogP contribution in [0.4, 0.5) is 0 Å². The van der Waals surface area contributed by atoms with Crippen molar-refractivity contribution in [2.24, 2.45) is 17.8 Å². The summed E-state index contributed by atoms with van der Waals surface area (Å²) in [6, 6.07) is 12.4. The summed E-state index contributed by atoms with van der Waals surface area (Å²) in [4.78, 5) is 4.68. The van der Waals surface area contributed by atoms with Gasteiger partial charge < -0.3 is 5.11 Å². The van der Waals surface area contributed by atoms with E-state index in [0.29, 0.717) is 6.42 Å². The van der Waals surface area contributed by atoms with Crippen LogP contribution in [-0.2, 0) is 6.42 Å². The molecule has 1 aromatic heterocycles. The average Bonchev–Trinajstić information content (AvgIpc) is 3.09. The molecular formula is C19H23NO. The first kappa shape index (κ1) is 13.3. The molecule has 0 saturated heterocycles. The van der Waals surface area contributed by atoms with Crippen LogP contribution in [0.2, 0.25) is 0 Å². The highest BCUT2D eigenvalue weighted by atomic mass is 16.3. The first-order valence-corrected chi connectivity index (χ1v) is 8.30. The molecule has 1 aromatic carbocycles. The number of benzene rings is 1. The first-order chi connectivity index (χ1) is 10.3. The summed E-state index contributed by atoms with van der Waals surface area (Å²) < 4.78 is 0. The van der Waals surface area contributed by atoms with E-state index in [-0.39, 0.29) is 6.10 Å². The number of pyridine rings is 1. The lowest BCUT2D eigenvalue weighted by molar-refractivity contribution is 0.124. The Bertz CT molecular complexity index is 638. The fourth-order valence-corrected chi connectivity index (χ4v) is 4.56. The number of aliphatic hydroxyl groups is 1. The maximum absolute atomic E-state index is 10.4. The number of hydrogen-bond acceptors (Lipinski definition) is 2. The van der Waals surface area contributed by atoms with Gasteiger partial charge in [0.15, 0.2) is 0 Å². The lowest BCUT2D eigenvalue weighted by Crippen LogP contribution is -2.20. The van der Waals surface area contributed by atoms with Crippen molar-refractivity contribution in [1.29, 1.82) is 0 Å². The lowest BCUT2D eigenvalue weighted by Gasteiger charge is -2.24. The van der Waals surface area contributed by atoms with Gasteiger partial charge >= 0.3 is 0 Å². The van der Waals surface area contributed by atoms with Gasteiger partial charge in [0.25, 0.3) is 0 Å². The highest BCUT2D eigenvalue weighted by molar-refractivity contribution is 5.78. The standard InChI is InChI=1S/C19H23NO/c21-18(11-16-10-13-5-6-15(16)9-13)12-17-8-7-14-3-1-2-4-19(14)20-17/h1-4,7-8,13,15-16,18,21H,5-6,9-12H2. The van der Waals surface area contributed by atoms with E-state index in [0.717, 1.165) is 35.4 Å². The summed E-state index contributed by atoms with van der Waals surface area (Å²) in [5.41, 5.74) is 2.05. The van der Waals surface area contributed by atoms with Gasteiger partial charge in [0.2, 0.25) is 0 Å². The molecule has 2 saturated carbocycles. The Hall–Kier alpha value is -1.41. The number of para-hydroxylation sites is 1. The van der Waals surface area contributed by atoms with Gasteiger partial charge in [0, 0.05) is 17.5 Å². The smallest absolute Gasteiger partial charge is 0.0705 e. The number of nitrogens with zero attached hydrogens (tertiary/aromatic N) is 1. The largest absolute Gasteiger partial charge is 0.393 e. The second-order valence-corrected chi connectivity index (χ2v) is 7.02. The quantitative estimate of drug-likeness (QED) is 0.920. The maximum atomic E-state index is 10.4. The summed E-state index contributed by atoms with van der Waals surface area (Å²) in [6.07, 6.45) is 7.04. The SMILES string of the molecule is OC(Cc1ccc2ccccc2n1)CC1CC2CCC1C2. The number of aliphatic hydroxyl groups excluding tert-OH is 1. The predicted molar refractivity (Wildman–Crippen MR) is 85.0 cm³/mol. The molecule has 110 valence electrons. The topological polar surface area (TPSA) is 33.1 Å². The zero-order valence-electron chi connectivity index (χ0n) is 12.4. The molecule has 1 N–H and O–H groups in total. The van der Waals surface area contributed by atoms with E-state index in [9.17, 15) is 5.11 Å². The third-order valence-corrected chi connectivity index (χ3v) is 5.56. The van der Waals surface area contributed by atoms with Gasteiger partial charge in [-0.25, -0.2) is 0 Å². The third-order valence-electron chi connectivity index (χ3n) is 5.56. The molecule has 4 unspecified atom stereocenters. The van der Waals surface area contributed by atoms with Crippen LogP contribution in [0.25, 0.3) is 10.9 Å². The minimum Gasteiger partial charge on any atom is -0.393 e. The minimum absolute atomic E-state index is 0.233. The third kappa shape index (κ3) is 2.69. The zero-order valence-corrected chi connectivity index (χ0v) is 12.4. The van der Waals surface area contributed by atoms with Gasteiger partial charge in [-0.2, -0.15) is 0 Å². The molecule has 2 nitrogen and oxygen atoms in total. The van der Waals surface area contributed by atoms with E-state index in [1.54, 1.807) is 0 Å². The van der Waals surface area contributed by atoms with Crippen LogP contribution < -0.4 is 0 Å². The molecule has 21 heavy (non-hydrogen) atoms. The Morgan fingerprint density at radius 2 is 2.00 bits per heavy atom. The lowest BCUT2D eigenvalue weighted by atomic mass is 9.84. The zero-order chi connectivity index (χ0) is 14.2. The Morgan fingerprint density at radius 1 is 1.10 bits per heavy atom. The predicted octanol–water partition coefficient (Wildman–Crippen LogP) is 3.96. The van der Waals surface area contributed by atoms with Crippen LogP contribution in [0.1, 0.15) is 37.8 Å². The van der Waals surface area contributed by atoms with E-state index in [2.05, 4.69) is 23.2 Å². The fourth-order valence-electron chi connectivity index (χ4n) is 4.56. The molecule has 2 aliphatic rings. The van der Waals surface area contributed by atoms with Crippen LogP contribution >= 0.6 is 0 Å². The average molecular weight is 281 g/mol. The second-order valence-electron chi connectivity index (χ2n) is 7.02. The van der Waals surface area contributed by atoms with Crippen molar-refractivity contribution in [3.8, 4) is 0 Å². The van der Waals surface area contributed by atoms with Crippen molar-refractivity contribution in [3.05, 3.63) is 42.1 Å². The molecule has 2 aliphatic carbocycles. The van der Waals surface area contributed by atoms with Crippen molar-refractivity contribution in [3.63, 3.8) is 0 Å². The molecule has 0 spiro atoms. The van der Waals surface area contributed by atoms with Crippen molar-refractivity contribution < 1.29 is 5.11 Å². The van der Waals surface area contributed by atoms with Crippen molar-refractivity contribution in [2.45, 2.75) is 44.6 Å². The van der Waals surface area contributed by atoms with Gasteiger partial charge in [0.05, 0.1) is 11.6 Å². The second kappa shape index (κ2) is 5.42. The van der Waals surface area contributed by atoms with Crippen LogP contribution in [0, 0.1) is 17.8 Å². The van der Waals surface area contributed by atoms with E-state index in [1.807, 2.05) is 18.2 Å². The van der Waals surface area contributed by atoms with Crippen LogP contribution in [0.3, 0.4) is 0 Å².